The van der Waals surface area contributed by atoms with Crippen molar-refractivity contribution in [2.45, 2.75) is 32.7 Å². The molecule has 10 nitrogen and oxygen atoms in total. The number of anilines is 1. The summed E-state index contributed by atoms with van der Waals surface area (Å²) in [6, 6.07) is 9.22. The van der Waals surface area contributed by atoms with Crippen LogP contribution in [0.5, 0.6) is 5.75 Å². The van der Waals surface area contributed by atoms with Gasteiger partial charge in [-0.05, 0) is 61.6 Å². The molecule has 2 aliphatic rings. The summed E-state index contributed by atoms with van der Waals surface area (Å²) in [7, 11) is 0. The topological polar surface area (TPSA) is 134 Å². The van der Waals surface area contributed by atoms with Crippen molar-refractivity contribution in [2.75, 3.05) is 38.2 Å². The van der Waals surface area contributed by atoms with Gasteiger partial charge in [-0.25, -0.2) is 4.79 Å². The summed E-state index contributed by atoms with van der Waals surface area (Å²) in [5, 5.41) is 10.5. The number of amides is 2. The lowest BCUT2D eigenvalue weighted by Gasteiger charge is -2.39. The summed E-state index contributed by atoms with van der Waals surface area (Å²) in [5.74, 6) is 0.421. The molecular formula is C25H34Cl2N6O4. The van der Waals surface area contributed by atoms with Gasteiger partial charge in [-0.1, -0.05) is 6.07 Å². The highest BCUT2D eigenvalue weighted by molar-refractivity contribution is 5.89. The third kappa shape index (κ3) is 7.17. The van der Waals surface area contributed by atoms with Gasteiger partial charge in [0.25, 0.3) is 0 Å². The Balaban J connectivity index is 0.00000241. The van der Waals surface area contributed by atoms with E-state index in [1.807, 2.05) is 23.1 Å². The fraction of sp³-hybridized carbons (Fsp3) is 0.440. The Labute approximate surface area is 229 Å². The lowest BCUT2D eigenvalue weighted by atomic mass is 9.79. The summed E-state index contributed by atoms with van der Waals surface area (Å²) in [5.41, 5.74) is 7.73. The van der Waals surface area contributed by atoms with Crippen LogP contribution in [-0.2, 0) is 22.5 Å². The second-order valence-corrected chi connectivity index (χ2v) is 8.94. The molecule has 3 heterocycles. The van der Waals surface area contributed by atoms with Gasteiger partial charge in [0.05, 0.1) is 18.5 Å². The molecule has 1 aromatic heterocycles. The Morgan fingerprint density at radius 2 is 1.89 bits per heavy atom. The molecule has 2 aromatic rings. The number of carbonyl (C=O) groups is 2. The number of hydrogen-bond donors (Lipinski definition) is 3. The Kier molecular flexibility index (Phi) is 10.8. The Morgan fingerprint density at radius 3 is 2.54 bits per heavy atom. The van der Waals surface area contributed by atoms with Gasteiger partial charge in [-0.2, -0.15) is 0 Å². The van der Waals surface area contributed by atoms with Crippen LogP contribution in [0, 0.1) is 10.8 Å². The van der Waals surface area contributed by atoms with E-state index in [0.29, 0.717) is 43.9 Å². The lowest BCUT2D eigenvalue weighted by molar-refractivity contribution is -0.160. The van der Waals surface area contributed by atoms with E-state index >= 15 is 0 Å². The summed E-state index contributed by atoms with van der Waals surface area (Å²) in [4.78, 5) is 33.2. The van der Waals surface area contributed by atoms with Crippen LogP contribution in [0.3, 0.4) is 0 Å². The number of benzene rings is 1. The predicted octanol–water partition coefficient (Wildman–Crippen LogP) is 3.43. The van der Waals surface area contributed by atoms with E-state index in [9.17, 15) is 9.59 Å². The highest BCUT2D eigenvalue weighted by atomic mass is 35.5. The molecule has 0 saturated carbocycles. The maximum absolute atomic E-state index is 13.0. The quantitative estimate of drug-likeness (QED) is 0.284. The molecule has 4 rings (SSSR count). The molecule has 1 fully saturated rings. The number of piperidine rings is 1. The SMILES string of the molecule is CCOC(=O)C1(COc2ccc3c(c2)CN(C(=N)N)CC3)CCN(C(=O)Nc2cccnc2)CC1.Cl.Cl. The average Bonchev–Trinajstić information content (AvgIpc) is 2.88. The maximum Gasteiger partial charge on any atom is 0.321 e. The van der Waals surface area contributed by atoms with Gasteiger partial charge < -0.3 is 30.3 Å². The number of halogens is 2. The highest BCUT2D eigenvalue weighted by Gasteiger charge is 2.44. The standard InChI is InChI=1S/C25H32N6O4.2ClH/c1-2-34-22(32)25(8-12-30(13-9-25)24(33)29-20-4-3-10-28-15-20)17-35-21-6-5-18-7-11-31(23(26)27)16-19(18)14-21;;/h3-6,10,14-15H,2,7-9,11-13,16-17H2,1H3,(H3,26,27)(H,29,33);2*1H. The second-order valence-electron chi connectivity index (χ2n) is 8.94. The first-order valence-corrected chi connectivity index (χ1v) is 11.9. The van der Waals surface area contributed by atoms with Crippen LogP contribution < -0.4 is 15.8 Å². The molecule has 2 aliphatic heterocycles. The zero-order chi connectivity index (χ0) is 24.8. The van der Waals surface area contributed by atoms with Gasteiger partial charge in [0.2, 0.25) is 0 Å². The number of nitrogens with zero attached hydrogens (tertiary/aromatic N) is 3. The number of carbonyl (C=O) groups excluding carboxylic acids is 2. The van der Waals surface area contributed by atoms with Crippen molar-refractivity contribution in [3.63, 3.8) is 0 Å². The van der Waals surface area contributed by atoms with Crippen LogP contribution in [0.25, 0.3) is 0 Å². The summed E-state index contributed by atoms with van der Waals surface area (Å²) >= 11 is 0. The molecule has 12 heteroatoms. The number of aromatic nitrogens is 1. The van der Waals surface area contributed by atoms with Gasteiger partial charge in [-0.3, -0.25) is 15.2 Å². The van der Waals surface area contributed by atoms with Crippen LogP contribution in [0.15, 0.2) is 42.7 Å². The molecule has 0 unspecified atom stereocenters. The number of rotatable bonds is 6. The molecule has 1 saturated heterocycles. The second kappa shape index (κ2) is 13.3. The van der Waals surface area contributed by atoms with Crippen molar-refractivity contribution in [1.82, 2.24) is 14.8 Å². The maximum atomic E-state index is 13.0. The van der Waals surface area contributed by atoms with Gasteiger partial charge in [-0.15, -0.1) is 24.8 Å². The smallest absolute Gasteiger partial charge is 0.321 e. The zero-order valence-electron chi connectivity index (χ0n) is 20.8. The van der Waals surface area contributed by atoms with Gasteiger partial charge in [0.15, 0.2) is 5.96 Å². The summed E-state index contributed by atoms with van der Waals surface area (Å²) in [6.45, 7) is 4.33. The number of fused-ring (bicyclic) bond motifs is 1. The number of hydrogen-bond acceptors (Lipinski definition) is 6. The fourth-order valence-electron chi connectivity index (χ4n) is 4.52. The molecule has 37 heavy (non-hydrogen) atoms. The predicted molar refractivity (Wildman–Crippen MR) is 146 cm³/mol. The normalized spacial score (nSPS) is 15.8. The molecule has 0 aliphatic carbocycles. The number of likely N-dealkylation sites (tertiary alicyclic amines) is 1. The lowest BCUT2D eigenvalue weighted by Crippen LogP contribution is -2.50. The molecule has 1 aromatic carbocycles. The molecule has 4 N–H and O–H groups in total. The molecule has 2 amide bonds. The molecular weight excluding hydrogens is 519 g/mol. The number of ether oxygens (including phenoxy) is 2. The minimum Gasteiger partial charge on any atom is -0.492 e. The number of guanidine groups is 1. The summed E-state index contributed by atoms with van der Waals surface area (Å²) < 4.78 is 11.5. The molecule has 0 spiro atoms. The van der Waals surface area contributed by atoms with Crippen molar-refractivity contribution >= 4 is 48.5 Å². The van der Waals surface area contributed by atoms with Crippen LogP contribution in [0.4, 0.5) is 10.5 Å². The van der Waals surface area contributed by atoms with E-state index in [0.717, 1.165) is 18.5 Å². The van der Waals surface area contributed by atoms with E-state index in [1.54, 1.807) is 36.4 Å². The van der Waals surface area contributed by atoms with Gasteiger partial charge >= 0.3 is 12.0 Å². The van der Waals surface area contributed by atoms with Gasteiger partial charge in [0.1, 0.15) is 17.8 Å². The van der Waals surface area contributed by atoms with Crippen molar-refractivity contribution < 1.29 is 19.1 Å². The van der Waals surface area contributed by atoms with E-state index < -0.39 is 5.41 Å². The number of urea groups is 1. The van der Waals surface area contributed by atoms with Gasteiger partial charge in [0, 0.05) is 32.4 Å². The van der Waals surface area contributed by atoms with Crippen LogP contribution in [0.1, 0.15) is 30.9 Å². The third-order valence-corrected chi connectivity index (χ3v) is 6.67. The average molecular weight is 553 g/mol. The van der Waals surface area contributed by atoms with Crippen molar-refractivity contribution in [2.24, 2.45) is 11.1 Å². The molecule has 0 bridgehead atoms. The Morgan fingerprint density at radius 1 is 1.14 bits per heavy atom. The third-order valence-electron chi connectivity index (χ3n) is 6.67. The number of nitrogens with one attached hydrogen (secondary N) is 2. The van der Waals surface area contributed by atoms with Crippen molar-refractivity contribution in [1.29, 1.82) is 5.41 Å². The molecule has 202 valence electrons. The number of esters is 1. The zero-order valence-corrected chi connectivity index (χ0v) is 22.4. The minimum atomic E-state index is -0.831. The largest absolute Gasteiger partial charge is 0.492 e. The number of nitrogens with two attached hydrogens (primary N) is 1. The van der Waals surface area contributed by atoms with E-state index in [4.69, 9.17) is 20.6 Å². The van der Waals surface area contributed by atoms with E-state index in [1.165, 1.54) is 5.56 Å². The fourth-order valence-corrected chi connectivity index (χ4v) is 4.52. The first kappa shape index (κ1) is 30.0. The summed E-state index contributed by atoms with van der Waals surface area (Å²) in [6.07, 6.45) is 4.93. The van der Waals surface area contributed by atoms with Crippen LogP contribution in [-0.4, -0.2) is 65.6 Å². The highest BCUT2D eigenvalue weighted by Crippen LogP contribution is 2.35. The Hall–Kier alpha value is -3.24. The van der Waals surface area contributed by atoms with E-state index in [-0.39, 0.29) is 56.0 Å². The van der Waals surface area contributed by atoms with Crippen molar-refractivity contribution in [3.05, 3.63) is 53.9 Å². The molecule has 0 radical (unpaired) electrons. The first-order valence-electron chi connectivity index (χ1n) is 11.9. The monoisotopic (exact) mass is 552 g/mol. The van der Waals surface area contributed by atoms with Crippen LogP contribution >= 0.6 is 24.8 Å². The minimum absolute atomic E-state index is 0. The first-order chi connectivity index (χ1) is 16.9. The molecule has 0 atom stereocenters. The Bertz CT molecular complexity index is 1080. The number of pyridine rings is 1. The van der Waals surface area contributed by atoms with Crippen LogP contribution in [0.2, 0.25) is 0 Å². The van der Waals surface area contributed by atoms with Crippen molar-refractivity contribution in [3.8, 4) is 5.75 Å². The van der Waals surface area contributed by atoms with E-state index in [2.05, 4.69) is 10.3 Å².